The summed E-state index contributed by atoms with van der Waals surface area (Å²) in [7, 11) is 0. The van der Waals surface area contributed by atoms with Crippen molar-refractivity contribution < 1.29 is 14.3 Å². The first kappa shape index (κ1) is 27.7. The molecule has 2 amide bonds. The number of nitrogens with two attached hydrogens (primary N) is 1. The summed E-state index contributed by atoms with van der Waals surface area (Å²) < 4.78 is 8.06. The number of carbonyl (C=O) groups excluding carboxylic acids is 2. The lowest BCUT2D eigenvalue weighted by Crippen LogP contribution is -2.46. The fourth-order valence-corrected chi connectivity index (χ4v) is 5.03. The lowest BCUT2D eigenvalue weighted by Gasteiger charge is -2.28. The molecule has 2 atom stereocenters. The van der Waals surface area contributed by atoms with E-state index in [2.05, 4.69) is 20.2 Å². The molecular formula is C30H29Cl2N5O3. The monoisotopic (exact) mass is 577 g/mol. The van der Waals surface area contributed by atoms with Crippen LogP contribution >= 0.6 is 23.2 Å². The van der Waals surface area contributed by atoms with Gasteiger partial charge in [-0.1, -0.05) is 59.6 Å². The molecule has 0 bridgehead atoms. The fourth-order valence-electron chi connectivity index (χ4n) is 4.78. The third-order valence-electron chi connectivity index (χ3n) is 6.91. The molecule has 3 aromatic carbocycles. The molecular weight excluding hydrogens is 549 g/mol. The summed E-state index contributed by atoms with van der Waals surface area (Å²) in [6.07, 6.45) is 4.65. The molecule has 40 heavy (non-hydrogen) atoms. The zero-order valence-corrected chi connectivity index (χ0v) is 23.2. The minimum absolute atomic E-state index is 0.0311. The Morgan fingerprint density at radius 3 is 2.42 bits per heavy atom. The molecule has 8 nitrogen and oxygen atoms in total. The van der Waals surface area contributed by atoms with E-state index in [0.717, 1.165) is 28.8 Å². The van der Waals surface area contributed by atoms with Crippen molar-refractivity contribution in [1.29, 1.82) is 0 Å². The Morgan fingerprint density at radius 1 is 1.02 bits per heavy atom. The number of nitrogens with zero attached hydrogens (tertiary/aromatic N) is 2. The number of amides is 2. The van der Waals surface area contributed by atoms with E-state index in [0.29, 0.717) is 41.1 Å². The molecule has 2 unspecified atom stereocenters. The van der Waals surface area contributed by atoms with Gasteiger partial charge in [0.15, 0.2) is 0 Å². The van der Waals surface area contributed by atoms with Gasteiger partial charge in [-0.25, -0.2) is 4.98 Å². The molecule has 4 aromatic rings. The van der Waals surface area contributed by atoms with Crippen LogP contribution < -0.4 is 21.1 Å². The van der Waals surface area contributed by atoms with E-state index < -0.39 is 17.9 Å². The summed E-state index contributed by atoms with van der Waals surface area (Å²) >= 11 is 12.0. The smallest absolute Gasteiger partial charge is 0.255 e. The van der Waals surface area contributed by atoms with Gasteiger partial charge in [0.1, 0.15) is 11.8 Å². The molecule has 0 aliphatic carbocycles. The second-order valence-corrected chi connectivity index (χ2v) is 10.6. The van der Waals surface area contributed by atoms with E-state index in [1.54, 1.807) is 30.3 Å². The zero-order valence-electron chi connectivity index (χ0n) is 21.6. The molecule has 2 heterocycles. The summed E-state index contributed by atoms with van der Waals surface area (Å²) in [4.78, 5) is 29.8. The number of halogens is 2. The topological polar surface area (TPSA) is 111 Å². The molecule has 1 aliphatic rings. The highest BCUT2D eigenvalue weighted by molar-refractivity contribution is 6.30. The van der Waals surface area contributed by atoms with Gasteiger partial charge >= 0.3 is 0 Å². The van der Waals surface area contributed by atoms with E-state index in [9.17, 15) is 9.59 Å². The van der Waals surface area contributed by atoms with Crippen molar-refractivity contribution in [1.82, 2.24) is 20.2 Å². The molecule has 1 aromatic heterocycles. The van der Waals surface area contributed by atoms with Crippen molar-refractivity contribution in [2.75, 3.05) is 6.61 Å². The van der Waals surface area contributed by atoms with Crippen LogP contribution in [0.25, 0.3) is 0 Å². The molecule has 0 saturated heterocycles. The molecule has 0 saturated carbocycles. The number of benzene rings is 3. The average molecular weight is 579 g/mol. The minimum Gasteiger partial charge on any atom is -0.492 e. The van der Waals surface area contributed by atoms with Gasteiger partial charge in [-0.2, -0.15) is 0 Å². The summed E-state index contributed by atoms with van der Waals surface area (Å²) in [5.74, 6) is -0.534. The van der Waals surface area contributed by atoms with E-state index in [1.807, 2.05) is 48.9 Å². The molecule has 0 fully saturated rings. The van der Waals surface area contributed by atoms with Crippen LogP contribution in [0.1, 0.15) is 45.2 Å². The average Bonchev–Trinajstić information content (AvgIpc) is 3.40. The van der Waals surface area contributed by atoms with Crippen LogP contribution in [-0.4, -0.2) is 34.0 Å². The highest BCUT2D eigenvalue weighted by atomic mass is 35.5. The molecule has 5 rings (SSSR count). The highest BCUT2D eigenvalue weighted by Crippen LogP contribution is 2.35. The van der Waals surface area contributed by atoms with Crippen molar-refractivity contribution >= 4 is 35.0 Å². The van der Waals surface area contributed by atoms with Crippen LogP contribution in [0.15, 0.2) is 79.3 Å². The third kappa shape index (κ3) is 6.65. The van der Waals surface area contributed by atoms with E-state index in [-0.39, 0.29) is 12.5 Å². The Kier molecular flexibility index (Phi) is 8.69. The Labute approximate surface area is 242 Å². The largest absolute Gasteiger partial charge is 0.492 e. The van der Waals surface area contributed by atoms with Crippen LogP contribution in [0.2, 0.25) is 10.0 Å². The van der Waals surface area contributed by atoms with Crippen LogP contribution in [-0.2, 0) is 24.3 Å². The molecule has 206 valence electrons. The number of hydrogen-bond donors (Lipinski definition) is 3. The van der Waals surface area contributed by atoms with E-state index >= 15 is 0 Å². The van der Waals surface area contributed by atoms with Gasteiger partial charge in [0.05, 0.1) is 24.2 Å². The second kappa shape index (κ2) is 12.6. The Morgan fingerprint density at radius 2 is 1.73 bits per heavy atom. The maximum atomic E-state index is 13.3. The van der Waals surface area contributed by atoms with Crippen molar-refractivity contribution in [3.05, 3.63) is 117 Å². The number of imidazole rings is 1. The minimum atomic E-state index is -0.886. The fraction of sp³-hybridized carbons (Fsp3) is 0.233. The molecule has 1 aliphatic heterocycles. The Bertz CT molecular complexity index is 1490. The van der Waals surface area contributed by atoms with Crippen molar-refractivity contribution in [3.8, 4) is 5.75 Å². The first-order valence-corrected chi connectivity index (χ1v) is 13.7. The number of hydrogen-bond acceptors (Lipinski definition) is 5. The Hall–Kier alpha value is -3.85. The predicted molar refractivity (Wildman–Crippen MR) is 155 cm³/mol. The SMILES string of the molecule is NC(=O)C(Cc1ccc(Cl)cc1)NC(=O)c1cccc2c1OCCC2NCc1cncn1Cc1ccc(Cl)cc1. The molecule has 0 spiro atoms. The number of fused-ring (bicyclic) bond motifs is 1. The standard InChI is InChI=1S/C30H29Cl2N5O3/c31-21-8-4-19(5-9-21)14-27(29(33)38)36-30(39)25-3-1-2-24-26(12-13-40-28(24)25)35-16-23-15-34-18-37(23)17-20-6-10-22(32)11-7-20/h1-11,15,18,26-27,35H,12-14,16-17H2,(H2,33,38)(H,36,39). The normalized spacial score (nSPS) is 15.1. The third-order valence-corrected chi connectivity index (χ3v) is 7.42. The van der Waals surface area contributed by atoms with Gasteiger partial charge in [-0.15, -0.1) is 0 Å². The molecule has 4 N–H and O–H groups in total. The van der Waals surface area contributed by atoms with Crippen LogP contribution in [0.5, 0.6) is 5.75 Å². The first-order chi connectivity index (χ1) is 19.4. The number of rotatable bonds is 10. The lowest BCUT2D eigenvalue weighted by molar-refractivity contribution is -0.119. The van der Waals surface area contributed by atoms with Gasteiger partial charge in [0.2, 0.25) is 5.91 Å². The summed E-state index contributed by atoms with van der Waals surface area (Å²) in [6, 6.07) is 19.4. The number of carbonyl (C=O) groups is 2. The maximum absolute atomic E-state index is 13.3. The molecule has 0 radical (unpaired) electrons. The number of primary amides is 1. The van der Waals surface area contributed by atoms with Crippen molar-refractivity contribution in [3.63, 3.8) is 0 Å². The van der Waals surface area contributed by atoms with Crippen LogP contribution in [0.3, 0.4) is 0 Å². The number of nitrogens with one attached hydrogen (secondary N) is 2. The van der Waals surface area contributed by atoms with Crippen LogP contribution in [0.4, 0.5) is 0 Å². The van der Waals surface area contributed by atoms with Gasteiger partial charge in [0, 0.05) is 53.8 Å². The molecule has 10 heteroatoms. The maximum Gasteiger partial charge on any atom is 0.255 e. The quantitative estimate of drug-likeness (QED) is 0.253. The highest BCUT2D eigenvalue weighted by Gasteiger charge is 2.28. The van der Waals surface area contributed by atoms with Crippen molar-refractivity contribution in [2.24, 2.45) is 5.73 Å². The number of ether oxygens (including phenoxy) is 1. The summed E-state index contributed by atoms with van der Waals surface area (Å²) in [5.41, 5.74) is 9.86. The van der Waals surface area contributed by atoms with Gasteiger partial charge in [-0.3, -0.25) is 9.59 Å². The van der Waals surface area contributed by atoms with E-state index in [4.69, 9.17) is 33.7 Å². The zero-order chi connectivity index (χ0) is 28.1. The van der Waals surface area contributed by atoms with Crippen molar-refractivity contribution in [2.45, 2.75) is 38.0 Å². The van der Waals surface area contributed by atoms with Gasteiger partial charge in [-0.05, 0) is 41.5 Å². The predicted octanol–water partition coefficient (Wildman–Crippen LogP) is 4.68. The van der Waals surface area contributed by atoms with E-state index in [1.165, 1.54) is 0 Å². The van der Waals surface area contributed by atoms with Gasteiger partial charge < -0.3 is 25.7 Å². The summed E-state index contributed by atoms with van der Waals surface area (Å²) in [6.45, 7) is 1.71. The van der Waals surface area contributed by atoms with Gasteiger partial charge in [0.25, 0.3) is 5.91 Å². The first-order valence-electron chi connectivity index (χ1n) is 12.9. The lowest BCUT2D eigenvalue weighted by atomic mass is 9.96. The summed E-state index contributed by atoms with van der Waals surface area (Å²) in [5, 5.41) is 7.67. The number of para-hydroxylation sites is 1. The van der Waals surface area contributed by atoms with Crippen LogP contribution in [0, 0.1) is 0 Å². The Balaban J connectivity index is 1.27. The second-order valence-electron chi connectivity index (χ2n) is 9.69. The number of aromatic nitrogens is 2.